The van der Waals surface area contributed by atoms with Crippen LogP contribution in [0, 0.1) is 25.5 Å². The van der Waals surface area contributed by atoms with Crippen molar-refractivity contribution in [3.05, 3.63) is 57.2 Å². The summed E-state index contributed by atoms with van der Waals surface area (Å²) in [5, 5.41) is 2.38. The van der Waals surface area contributed by atoms with Crippen molar-refractivity contribution in [2.45, 2.75) is 13.8 Å². The maximum Gasteiger partial charge on any atom is 0.262 e. The quantitative estimate of drug-likeness (QED) is 0.897. The monoisotopic (exact) mass is 340 g/mol. The highest BCUT2D eigenvalue weighted by Crippen LogP contribution is 2.19. The van der Waals surface area contributed by atoms with Crippen LogP contribution in [0.3, 0.4) is 0 Å². The number of aromatic nitrogens is 1. The lowest BCUT2D eigenvalue weighted by Gasteiger charge is -2.09. The molecule has 0 radical (unpaired) electrons. The van der Waals surface area contributed by atoms with Crippen molar-refractivity contribution in [3.8, 4) is 0 Å². The second kappa shape index (κ2) is 5.66. The largest absolute Gasteiger partial charge is 0.306 e. The minimum absolute atomic E-state index is 0.205. The Morgan fingerprint density at radius 1 is 1.20 bits per heavy atom. The molecule has 0 saturated heterocycles. The number of pyridine rings is 1. The van der Waals surface area contributed by atoms with Crippen LogP contribution in [0.1, 0.15) is 21.6 Å². The molecule has 3 nitrogen and oxygen atoms in total. The Balaban J connectivity index is 2.33. The van der Waals surface area contributed by atoms with E-state index in [2.05, 4.69) is 26.2 Å². The molecule has 0 aliphatic heterocycles. The number of carbonyl (C=O) groups is 1. The molecular formula is C14H11BrF2N2O. The normalized spacial score (nSPS) is 10.4. The maximum absolute atomic E-state index is 13.8. The number of anilines is 1. The Bertz CT molecular complexity index is 689. The molecule has 0 saturated carbocycles. The predicted molar refractivity (Wildman–Crippen MR) is 75.7 cm³/mol. The Morgan fingerprint density at radius 3 is 2.55 bits per heavy atom. The molecule has 2 aromatic rings. The minimum atomic E-state index is -0.903. The number of nitrogens with one attached hydrogen (secondary N) is 1. The number of carbonyl (C=O) groups excluding carboxylic acids is 1. The Hall–Kier alpha value is -1.82. The van der Waals surface area contributed by atoms with E-state index in [9.17, 15) is 13.6 Å². The third-order valence-corrected chi connectivity index (χ3v) is 3.61. The lowest BCUT2D eigenvalue weighted by Crippen LogP contribution is -2.17. The van der Waals surface area contributed by atoms with Crippen LogP contribution >= 0.6 is 15.9 Å². The molecule has 2 rings (SSSR count). The molecule has 0 unspecified atom stereocenters. The van der Waals surface area contributed by atoms with Crippen molar-refractivity contribution in [2.75, 3.05) is 5.32 Å². The van der Waals surface area contributed by atoms with E-state index in [-0.39, 0.29) is 11.4 Å². The van der Waals surface area contributed by atoms with Gasteiger partial charge in [-0.1, -0.05) is 6.07 Å². The highest BCUT2D eigenvalue weighted by atomic mass is 79.9. The predicted octanol–water partition coefficient (Wildman–Crippen LogP) is 3.99. The summed E-state index contributed by atoms with van der Waals surface area (Å²) in [4.78, 5) is 16.1. The number of aryl methyl sites for hydroxylation is 2. The van der Waals surface area contributed by atoms with Crippen molar-refractivity contribution < 1.29 is 13.6 Å². The molecule has 0 aliphatic rings. The first-order chi connectivity index (χ1) is 9.40. The molecule has 1 N–H and O–H groups in total. The fourth-order valence-electron chi connectivity index (χ4n) is 1.66. The van der Waals surface area contributed by atoms with Gasteiger partial charge in [0.1, 0.15) is 23.0 Å². The number of hydrogen-bond acceptors (Lipinski definition) is 2. The Labute approximate surface area is 123 Å². The lowest BCUT2D eigenvalue weighted by molar-refractivity contribution is 0.101. The van der Waals surface area contributed by atoms with Gasteiger partial charge >= 0.3 is 0 Å². The first-order valence-corrected chi connectivity index (χ1v) is 6.58. The van der Waals surface area contributed by atoms with Gasteiger partial charge in [-0.25, -0.2) is 13.8 Å². The second-order valence-electron chi connectivity index (χ2n) is 4.27. The van der Waals surface area contributed by atoms with Crippen LogP contribution in [0.5, 0.6) is 0 Å². The fourth-order valence-corrected chi connectivity index (χ4v) is 1.88. The second-order valence-corrected chi connectivity index (χ2v) is 5.13. The number of benzene rings is 1. The van der Waals surface area contributed by atoms with Gasteiger partial charge in [-0.2, -0.15) is 0 Å². The summed E-state index contributed by atoms with van der Waals surface area (Å²) in [7, 11) is 0. The molecule has 1 aromatic heterocycles. The summed E-state index contributed by atoms with van der Waals surface area (Å²) in [6, 6.07) is 5.58. The van der Waals surface area contributed by atoms with Crippen LogP contribution in [0.25, 0.3) is 0 Å². The molecular weight excluding hydrogens is 330 g/mol. The topological polar surface area (TPSA) is 42.0 Å². The summed E-state index contributed by atoms with van der Waals surface area (Å²) in [5.41, 5.74) is 0.261. The number of rotatable bonds is 2. The molecule has 0 atom stereocenters. The van der Waals surface area contributed by atoms with Gasteiger partial charge in [0.2, 0.25) is 0 Å². The molecule has 0 bridgehead atoms. The minimum Gasteiger partial charge on any atom is -0.306 e. The van der Waals surface area contributed by atoms with Crippen LogP contribution in [0.15, 0.2) is 28.7 Å². The number of amides is 1. The Morgan fingerprint density at radius 2 is 1.90 bits per heavy atom. The highest BCUT2D eigenvalue weighted by Gasteiger charge is 2.19. The van der Waals surface area contributed by atoms with Gasteiger partial charge in [-0.05, 0) is 53.5 Å². The van der Waals surface area contributed by atoms with E-state index in [0.29, 0.717) is 5.69 Å². The van der Waals surface area contributed by atoms with E-state index in [1.165, 1.54) is 13.0 Å². The summed E-state index contributed by atoms with van der Waals surface area (Å²) < 4.78 is 28.2. The van der Waals surface area contributed by atoms with Crippen molar-refractivity contribution in [1.29, 1.82) is 0 Å². The molecule has 6 heteroatoms. The summed E-state index contributed by atoms with van der Waals surface area (Å²) in [5.74, 6) is -2.40. The van der Waals surface area contributed by atoms with Gasteiger partial charge in [0, 0.05) is 4.47 Å². The van der Waals surface area contributed by atoms with Crippen molar-refractivity contribution >= 4 is 27.7 Å². The smallest absolute Gasteiger partial charge is 0.262 e. The first-order valence-electron chi connectivity index (χ1n) is 5.79. The van der Waals surface area contributed by atoms with Crippen LogP contribution < -0.4 is 5.32 Å². The number of hydrogen-bond donors (Lipinski definition) is 1. The molecule has 1 aromatic carbocycles. The van der Waals surface area contributed by atoms with E-state index in [1.807, 2.05) is 0 Å². The average molecular weight is 341 g/mol. The van der Waals surface area contributed by atoms with E-state index < -0.39 is 23.1 Å². The van der Waals surface area contributed by atoms with E-state index in [1.54, 1.807) is 19.1 Å². The van der Waals surface area contributed by atoms with Crippen LogP contribution in [-0.2, 0) is 0 Å². The fraction of sp³-hybridized carbons (Fsp3) is 0.143. The zero-order chi connectivity index (χ0) is 14.9. The van der Waals surface area contributed by atoms with Crippen molar-refractivity contribution in [1.82, 2.24) is 4.98 Å². The summed E-state index contributed by atoms with van der Waals surface area (Å²) >= 11 is 3.28. The van der Waals surface area contributed by atoms with E-state index >= 15 is 0 Å². The van der Waals surface area contributed by atoms with Gasteiger partial charge in [0.15, 0.2) is 0 Å². The first kappa shape index (κ1) is 14.6. The van der Waals surface area contributed by atoms with Gasteiger partial charge in [0.25, 0.3) is 5.91 Å². The molecule has 1 heterocycles. The van der Waals surface area contributed by atoms with E-state index in [0.717, 1.165) is 10.5 Å². The third-order valence-electron chi connectivity index (χ3n) is 2.77. The molecule has 104 valence electrons. The maximum atomic E-state index is 13.8. The molecule has 0 fully saturated rings. The SMILES string of the molecule is Cc1ccc(F)c(C(=O)Nc2ccc(Br)c(C)n2)c1F. The lowest BCUT2D eigenvalue weighted by atomic mass is 10.1. The van der Waals surface area contributed by atoms with Crippen LogP contribution in [-0.4, -0.2) is 10.9 Å². The van der Waals surface area contributed by atoms with Crippen LogP contribution in [0.2, 0.25) is 0 Å². The van der Waals surface area contributed by atoms with Crippen molar-refractivity contribution in [2.24, 2.45) is 0 Å². The average Bonchev–Trinajstić information content (AvgIpc) is 2.39. The highest BCUT2D eigenvalue weighted by molar-refractivity contribution is 9.10. The summed E-state index contributed by atoms with van der Waals surface area (Å²) in [6.07, 6.45) is 0. The third kappa shape index (κ3) is 2.85. The zero-order valence-corrected chi connectivity index (χ0v) is 12.4. The number of nitrogens with zero attached hydrogens (tertiary/aromatic N) is 1. The van der Waals surface area contributed by atoms with E-state index in [4.69, 9.17) is 0 Å². The molecule has 0 aliphatic carbocycles. The zero-order valence-electron chi connectivity index (χ0n) is 10.8. The molecule has 20 heavy (non-hydrogen) atoms. The molecule has 1 amide bonds. The van der Waals surface area contributed by atoms with Gasteiger partial charge < -0.3 is 5.32 Å². The number of halogens is 3. The summed E-state index contributed by atoms with van der Waals surface area (Å²) in [6.45, 7) is 3.21. The van der Waals surface area contributed by atoms with Crippen LogP contribution in [0.4, 0.5) is 14.6 Å². The van der Waals surface area contributed by atoms with Crippen molar-refractivity contribution in [3.63, 3.8) is 0 Å². The Kier molecular flexibility index (Phi) is 4.13. The van der Waals surface area contributed by atoms with Gasteiger partial charge in [-0.15, -0.1) is 0 Å². The standard InChI is InChI=1S/C14H11BrF2N2O/c1-7-3-5-10(16)12(13(7)17)14(20)19-11-6-4-9(15)8(2)18-11/h3-6H,1-2H3,(H,18,19,20). The van der Waals surface area contributed by atoms with Gasteiger partial charge in [0.05, 0.1) is 5.69 Å². The molecule has 0 spiro atoms. The van der Waals surface area contributed by atoms with Gasteiger partial charge in [-0.3, -0.25) is 4.79 Å².